The van der Waals surface area contributed by atoms with Crippen molar-refractivity contribution in [2.75, 3.05) is 6.61 Å². The maximum absolute atomic E-state index is 10.9. The molecule has 0 saturated heterocycles. The zero-order valence-electron chi connectivity index (χ0n) is 10.8. The number of carboxylic acid groups (broad SMARTS) is 1. The highest BCUT2D eigenvalue weighted by atomic mass is 16.5. The maximum Gasteiger partial charge on any atom is 0.341 e. The quantitative estimate of drug-likeness (QED) is 0.684. The lowest BCUT2D eigenvalue weighted by Gasteiger charge is -2.06. The number of carboxylic acids is 1. The van der Waals surface area contributed by atoms with E-state index in [2.05, 4.69) is 17.1 Å². The summed E-state index contributed by atoms with van der Waals surface area (Å²) in [6.07, 6.45) is 8.32. The number of carbonyl (C=O) groups is 1. The van der Waals surface area contributed by atoms with Crippen LogP contribution in [0.3, 0.4) is 0 Å². The number of unbranched alkanes of at least 4 members (excludes halogenated alkanes) is 5. The van der Waals surface area contributed by atoms with Crippen LogP contribution in [0.5, 0.6) is 5.88 Å². The Morgan fingerprint density at radius 2 is 2.00 bits per heavy atom. The second-order valence-electron chi connectivity index (χ2n) is 4.17. The van der Waals surface area contributed by atoms with Crippen LogP contribution in [-0.4, -0.2) is 27.9 Å². The minimum atomic E-state index is -1.04. The zero-order chi connectivity index (χ0) is 13.2. The number of aromatic carboxylic acids is 1. The van der Waals surface area contributed by atoms with Gasteiger partial charge in [0.25, 0.3) is 0 Å². The van der Waals surface area contributed by atoms with Crippen molar-refractivity contribution in [2.45, 2.75) is 45.4 Å². The number of aromatic nitrogens is 2. The summed E-state index contributed by atoms with van der Waals surface area (Å²) >= 11 is 0. The maximum atomic E-state index is 10.9. The molecule has 1 rings (SSSR count). The van der Waals surface area contributed by atoms with Gasteiger partial charge < -0.3 is 9.84 Å². The van der Waals surface area contributed by atoms with Crippen molar-refractivity contribution >= 4 is 5.97 Å². The third kappa shape index (κ3) is 5.12. The summed E-state index contributed by atoms with van der Waals surface area (Å²) < 4.78 is 5.35. The lowest BCUT2D eigenvalue weighted by atomic mass is 10.1. The van der Waals surface area contributed by atoms with Gasteiger partial charge in [-0.3, -0.25) is 0 Å². The number of rotatable bonds is 9. The summed E-state index contributed by atoms with van der Waals surface area (Å²) in [6, 6.07) is 1.39. The van der Waals surface area contributed by atoms with E-state index < -0.39 is 5.97 Å². The SMILES string of the molecule is CCCCCCCCOc1nnccc1C(=O)O. The average Bonchev–Trinajstić information content (AvgIpc) is 2.38. The van der Waals surface area contributed by atoms with Gasteiger partial charge in [-0.1, -0.05) is 39.0 Å². The van der Waals surface area contributed by atoms with Gasteiger partial charge in [-0.25, -0.2) is 4.79 Å². The molecule has 0 aliphatic heterocycles. The van der Waals surface area contributed by atoms with Crippen molar-refractivity contribution in [3.05, 3.63) is 17.8 Å². The predicted molar refractivity (Wildman–Crippen MR) is 67.9 cm³/mol. The molecular formula is C13H20N2O3. The molecule has 0 amide bonds. The summed E-state index contributed by atoms with van der Waals surface area (Å²) in [5.41, 5.74) is 0.0657. The Bertz CT molecular complexity index is 369. The normalized spacial score (nSPS) is 10.3. The molecule has 1 aromatic heterocycles. The first-order valence-corrected chi connectivity index (χ1v) is 6.43. The second-order valence-corrected chi connectivity index (χ2v) is 4.17. The topological polar surface area (TPSA) is 72.3 Å². The molecule has 0 radical (unpaired) electrons. The molecule has 0 bridgehead atoms. The molecule has 1 aromatic rings. The van der Waals surface area contributed by atoms with Crippen LogP contribution >= 0.6 is 0 Å². The van der Waals surface area contributed by atoms with E-state index in [1.54, 1.807) is 0 Å². The third-order valence-electron chi connectivity index (χ3n) is 2.65. The Balaban J connectivity index is 2.25. The van der Waals surface area contributed by atoms with Crippen LogP contribution in [-0.2, 0) is 0 Å². The Morgan fingerprint density at radius 1 is 1.28 bits per heavy atom. The molecule has 1 heterocycles. The van der Waals surface area contributed by atoms with E-state index >= 15 is 0 Å². The number of hydrogen-bond donors (Lipinski definition) is 1. The van der Waals surface area contributed by atoms with Crippen molar-refractivity contribution in [1.82, 2.24) is 10.2 Å². The fraction of sp³-hybridized carbons (Fsp3) is 0.615. The van der Waals surface area contributed by atoms with Crippen molar-refractivity contribution < 1.29 is 14.6 Å². The molecule has 1 N–H and O–H groups in total. The van der Waals surface area contributed by atoms with Crippen LogP contribution in [0.2, 0.25) is 0 Å². The van der Waals surface area contributed by atoms with Gasteiger partial charge in [-0.05, 0) is 12.5 Å². The zero-order valence-corrected chi connectivity index (χ0v) is 10.8. The van der Waals surface area contributed by atoms with E-state index in [9.17, 15) is 4.79 Å². The fourth-order valence-corrected chi connectivity index (χ4v) is 1.64. The molecular weight excluding hydrogens is 232 g/mol. The minimum Gasteiger partial charge on any atom is -0.477 e. The summed E-state index contributed by atoms with van der Waals surface area (Å²) in [4.78, 5) is 10.9. The molecule has 0 aliphatic carbocycles. The van der Waals surface area contributed by atoms with E-state index in [4.69, 9.17) is 9.84 Å². The van der Waals surface area contributed by atoms with Crippen molar-refractivity contribution in [2.24, 2.45) is 0 Å². The van der Waals surface area contributed by atoms with E-state index in [0.29, 0.717) is 6.61 Å². The van der Waals surface area contributed by atoms with Crippen LogP contribution in [0.25, 0.3) is 0 Å². The fourth-order valence-electron chi connectivity index (χ4n) is 1.64. The van der Waals surface area contributed by atoms with E-state index in [1.165, 1.54) is 37.9 Å². The van der Waals surface area contributed by atoms with Gasteiger partial charge in [0.1, 0.15) is 5.56 Å². The second kappa shape index (κ2) is 8.44. The first-order chi connectivity index (χ1) is 8.75. The molecule has 0 aliphatic rings. The monoisotopic (exact) mass is 252 g/mol. The molecule has 0 aromatic carbocycles. The van der Waals surface area contributed by atoms with Gasteiger partial charge in [0.05, 0.1) is 12.8 Å². The van der Waals surface area contributed by atoms with Crippen molar-refractivity contribution in [3.63, 3.8) is 0 Å². The van der Waals surface area contributed by atoms with Crippen LogP contribution in [0.1, 0.15) is 55.8 Å². The highest BCUT2D eigenvalue weighted by Gasteiger charge is 2.12. The van der Waals surface area contributed by atoms with E-state index in [-0.39, 0.29) is 11.4 Å². The van der Waals surface area contributed by atoms with Gasteiger partial charge in [0.15, 0.2) is 0 Å². The van der Waals surface area contributed by atoms with Gasteiger partial charge in [0, 0.05) is 0 Å². The summed E-state index contributed by atoms with van der Waals surface area (Å²) in [5.74, 6) is -0.929. The Hall–Kier alpha value is -1.65. The first-order valence-electron chi connectivity index (χ1n) is 6.43. The van der Waals surface area contributed by atoms with Crippen molar-refractivity contribution in [3.8, 4) is 5.88 Å². The molecule has 0 atom stereocenters. The lowest BCUT2D eigenvalue weighted by Crippen LogP contribution is -2.07. The predicted octanol–water partition coefficient (Wildman–Crippen LogP) is 2.91. The molecule has 100 valence electrons. The van der Waals surface area contributed by atoms with Crippen LogP contribution in [0.15, 0.2) is 12.3 Å². The molecule has 5 nitrogen and oxygen atoms in total. The summed E-state index contributed by atoms with van der Waals surface area (Å²) in [5, 5.41) is 16.2. The molecule has 5 heteroatoms. The van der Waals surface area contributed by atoms with Gasteiger partial charge in [0.2, 0.25) is 5.88 Å². The number of ether oxygens (including phenoxy) is 1. The van der Waals surface area contributed by atoms with Crippen LogP contribution in [0.4, 0.5) is 0 Å². The standard InChI is InChI=1S/C13H20N2O3/c1-2-3-4-5-6-7-10-18-12-11(13(16)17)8-9-14-15-12/h8-9H,2-7,10H2,1H3,(H,16,17). The largest absolute Gasteiger partial charge is 0.477 e. The summed E-state index contributed by atoms with van der Waals surface area (Å²) in [7, 11) is 0. The van der Waals surface area contributed by atoms with Crippen molar-refractivity contribution in [1.29, 1.82) is 0 Å². The number of hydrogen-bond acceptors (Lipinski definition) is 4. The Morgan fingerprint density at radius 3 is 2.72 bits per heavy atom. The van der Waals surface area contributed by atoms with Crippen LogP contribution < -0.4 is 4.74 Å². The highest BCUT2D eigenvalue weighted by Crippen LogP contribution is 2.13. The smallest absolute Gasteiger partial charge is 0.341 e. The van der Waals surface area contributed by atoms with E-state index in [1.807, 2.05) is 0 Å². The van der Waals surface area contributed by atoms with Gasteiger partial charge >= 0.3 is 5.97 Å². The molecule has 0 spiro atoms. The van der Waals surface area contributed by atoms with Gasteiger partial charge in [-0.15, -0.1) is 5.10 Å². The molecule has 18 heavy (non-hydrogen) atoms. The molecule has 0 fully saturated rings. The van der Waals surface area contributed by atoms with E-state index in [0.717, 1.165) is 12.8 Å². The average molecular weight is 252 g/mol. The Kier molecular flexibility index (Phi) is 6.76. The van der Waals surface area contributed by atoms with Gasteiger partial charge in [-0.2, -0.15) is 5.10 Å². The first kappa shape index (κ1) is 14.4. The molecule has 0 saturated carbocycles. The van der Waals surface area contributed by atoms with Crippen LogP contribution in [0, 0.1) is 0 Å². The minimum absolute atomic E-state index is 0.0657. The third-order valence-corrected chi connectivity index (χ3v) is 2.65. The lowest BCUT2D eigenvalue weighted by molar-refractivity contribution is 0.0690. The number of nitrogens with zero attached hydrogens (tertiary/aromatic N) is 2. The molecule has 0 unspecified atom stereocenters. The Labute approximate surface area is 107 Å². The highest BCUT2D eigenvalue weighted by molar-refractivity contribution is 5.89. The summed E-state index contributed by atoms with van der Waals surface area (Å²) in [6.45, 7) is 2.68.